The van der Waals surface area contributed by atoms with Crippen LogP contribution >= 0.6 is 15.9 Å². The van der Waals surface area contributed by atoms with Crippen LogP contribution < -0.4 is 10.2 Å². The van der Waals surface area contributed by atoms with E-state index < -0.39 is 33.1 Å². The number of amides is 1. The van der Waals surface area contributed by atoms with Gasteiger partial charge in [-0.05, 0) is 37.3 Å². The van der Waals surface area contributed by atoms with Crippen LogP contribution in [0.5, 0.6) is 5.75 Å². The number of rotatable bonds is 7. The van der Waals surface area contributed by atoms with Crippen molar-refractivity contribution < 1.29 is 24.2 Å². The number of ether oxygens (including phenoxy) is 1. The summed E-state index contributed by atoms with van der Waals surface area (Å²) in [7, 11) is 0. The molecule has 0 heterocycles. The molecule has 0 spiro atoms. The first-order chi connectivity index (χ1) is 16.1. The minimum atomic E-state index is -1.05. The highest BCUT2D eigenvalue weighted by Crippen LogP contribution is 2.26. The highest BCUT2D eigenvalue weighted by molar-refractivity contribution is 9.10. The standard InChI is InChI=1S/C22H15BrN4O7/c1-13-3-2-4-14(7-13)21(28)25-24-12-16-8-17(23)5-6-20(16)34-22(29)15-9-18(26(30)31)11-19(10-15)27(32)33/h2-12H,1H3,(H,25,28)/b24-12-. The van der Waals surface area contributed by atoms with E-state index in [1.54, 1.807) is 30.3 Å². The van der Waals surface area contributed by atoms with Gasteiger partial charge < -0.3 is 4.74 Å². The fourth-order valence-electron chi connectivity index (χ4n) is 2.81. The molecule has 0 aliphatic heterocycles. The van der Waals surface area contributed by atoms with Gasteiger partial charge in [0, 0.05) is 27.7 Å². The molecule has 3 aromatic rings. The zero-order chi connectivity index (χ0) is 24.8. The number of hydrogen-bond acceptors (Lipinski definition) is 8. The highest BCUT2D eigenvalue weighted by atomic mass is 79.9. The average Bonchev–Trinajstić information content (AvgIpc) is 2.80. The van der Waals surface area contributed by atoms with Crippen molar-refractivity contribution >= 4 is 45.4 Å². The lowest BCUT2D eigenvalue weighted by Gasteiger charge is -2.08. The molecule has 1 N–H and O–H groups in total. The predicted octanol–water partition coefficient (Wildman–Crippen LogP) is 4.56. The number of halogens is 1. The van der Waals surface area contributed by atoms with Crippen LogP contribution in [0.2, 0.25) is 0 Å². The lowest BCUT2D eigenvalue weighted by molar-refractivity contribution is -0.394. The molecule has 0 unspecified atom stereocenters. The Labute approximate surface area is 200 Å². The van der Waals surface area contributed by atoms with E-state index in [2.05, 4.69) is 26.5 Å². The molecular formula is C22H15BrN4O7. The third-order valence-corrected chi connectivity index (χ3v) is 4.88. The minimum absolute atomic E-state index is 0.0101. The molecule has 0 saturated carbocycles. The molecule has 3 rings (SSSR count). The van der Waals surface area contributed by atoms with Crippen molar-refractivity contribution in [1.82, 2.24) is 5.43 Å². The summed E-state index contributed by atoms with van der Waals surface area (Å²) in [5.41, 5.74) is 2.34. The number of benzene rings is 3. The molecule has 0 fully saturated rings. The molecule has 0 atom stereocenters. The largest absolute Gasteiger partial charge is 0.422 e. The molecule has 0 aliphatic rings. The van der Waals surface area contributed by atoms with E-state index in [-0.39, 0.29) is 16.9 Å². The summed E-state index contributed by atoms with van der Waals surface area (Å²) in [4.78, 5) is 45.3. The number of nitro benzene ring substituents is 2. The van der Waals surface area contributed by atoms with E-state index in [0.29, 0.717) is 10.0 Å². The van der Waals surface area contributed by atoms with E-state index in [4.69, 9.17) is 4.74 Å². The Bertz CT molecular complexity index is 1310. The zero-order valence-electron chi connectivity index (χ0n) is 17.4. The van der Waals surface area contributed by atoms with Gasteiger partial charge >= 0.3 is 5.97 Å². The molecular weight excluding hydrogens is 512 g/mol. The topological polar surface area (TPSA) is 154 Å². The summed E-state index contributed by atoms with van der Waals surface area (Å²) in [6.07, 6.45) is 1.25. The van der Waals surface area contributed by atoms with Crippen LogP contribution in [0.25, 0.3) is 0 Å². The number of carbonyl (C=O) groups is 2. The van der Waals surface area contributed by atoms with Crippen molar-refractivity contribution in [2.45, 2.75) is 6.92 Å². The maximum Gasteiger partial charge on any atom is 0.344 e. The van der Waals surface area contributed by atoms with Crippen molar-refractivity contribution in [2.24, 2.45) is 5.10 Å². The summed E-state index contributed by atoms with van der Waals surface area (Å²) in [5.74, 6) is -1.49. The molecule has 0 bridgehead atoms. The number of nitrogens with one attached hydrogen (secondary N) is 1. The van der Waals surface area contributed by atoms with Gasteiger partial charge in [0.25, 0.3) is 17.3 Å². The molecule has 172 valence electrons. The maximum absolute atomic E-state index is 12.6. The lowest BCUT2D eigenvalue weighted by atomic mass is 10.1. The van der Waals surface area contributed by atoms with Gasteiger partial charge in [-0.2, -0.15) is 5.10 Å². The summed E-state index contributed by atoms with van der Waals surface area (Å²) in [6, 6.07) is 14.0. The van der Waals surface area contributed by atoms with E-state index in [0.717, 1.165) is 23.8 Å². The number of non-ortho nitro benzene ring substituents is 2. The molecule has 0 saturated heterocycles. The van der Waals surface area contributed by atoms with Gasteiger partial charge in [-0.1, -0.05) is 33.6 Å². The molecule has 0 radical (unpaired) electrons. The predicted molar refractivity (Wildman–Crippen MR) is 125 cm³/mol. The highest BCUT2D eigenvalue weighted by Gasteiger charge is 2.21. The van der Waals surface area contributed by atoms with Crippen molar-refractivity contribution in [3.05, 3.63) is 108 Å². The average molecular weight is 527 g/mol. The summed E-state index contributed by atoms with van der Waals surface area (Å²) in [6.45, 7) is 1.85. The number of carbonyl (C=O) groups excluding carboxylic acids is 2. The van der Waals surface area contributed by atoms with Crippen LogP contribution in [0.4, 0.5) is 11.4 Å². The van der Waals surface area contributed by atoms with Gasteiger partial charge in [-0.3, -0.25) is 25.0 Å². The Hall–Kier alpha value is -4.45. The third-order valence-electron chi connectivity index (χ3n) is 4.38. The van der Waals surface area contributed by atoms with Crippen LogP contribution in [0.15, 0.2) is 70.2 Å². The fourth-order valence-corrected chi connectivity index (χ4v) is 3.19. The first-order valence-electron chi connectivity index (χ1n) is 9.49. The lowest BCUT2D eigenvalue weighted by Crippen LogP contribution is -2.17. The number of hydrogen-bond donors (Lipinski definition) is 1. The normalized spacial score (nSPS) is 10.6. The van der Waals surface area contributed by atoms with Gasteiger partial charge in [-0.25, -0.2) is 10.2 Å². The van der Waals surface area contributed by atoms with Crippen molar-refractivity contribution in [2.75, 3.05) is 0 Å². The van der Waals surface area contributed by atoms with E-state index in [1.165, 1.54) is 12.3 Å². The van der Waals surface area contributed by atoms with Crippen LogP contribution in [0.3, 0.4) is 0 Å². The quantitative estimate of drug-likeness (QED) is 0.155. The molecule has 3 aromatic carbocycles. The molecule has 0 aliphatic carbocycles. The molecule has 34 heavy (non-hydrogen) atoms. The van der Waals surface area contributed by atoms with E-state index in [1.807, 2.05) is 13.0 Å². The Kier molecular flexibility index (Phi) is 7.43. The van der Waals surface area contributed by atoms with Crippen LogP contribution in [0.1, 0.15) is 31.8 Å². The smallest absolute Gasteiger partial charge is 0.344 e. The summed E-state index contributed by atoms with van der Waals surface area (Å²) < 4.78 is 5.92. The first kappa shape index (κ1) is 24.2. The van der Waals surface area contributed by atoms with Crippen molar-refractivity contribution in [3.63, 3.8) is 0 Å². The second kappa shape index (κ2) is 10.4. The first-order valence-corrected chi connectivity index (χ1v) is 10.3. The Morgan fingerprint density at radius 1 is 0.971 bits per heavy atom. The molecule has 12 heteroatoms. The maximum atomic E-state index is 12.6. The number of aryl methyl sites for hydroxylation is 1. The zero-order valence-corrected chi connectivity index (χ0v) is 19.0. The Balaban J connectivity index is 1.83. The Morgan fingerprint density at radius 3 is 2.26 bits per heavy atom. The van der Waals surface area contributed by atoms with Crippen LogP contribution in [-0.4, -0.2) is 27.9 Å². The van der Waals surface area contributed by atoms with E-state index >= 15 is 0 Å². The molecule has 1 amide bonds. The number of nitrogens with zero attached hydrogens (tertiary/aromatic N) is 3. The van der Waals surface area contributed by atoms with Gasteiger partial charge in [0.15, 0.2) is 0 Å². The molecule has 0 aromatic heterocycles. The number of esters is 1. The van der Waals surface area contributed by atoms with Gasteiger partial charge in [-0.15, -0.1) is 0 Å². The SMILES string of the molecule is Cc1cccc(C(=O)N/N=C\c2cc(Br)ccc2OC(=O)c2cc([N+](=O)[O-])cc([N+](=O)[O-])c2)c1. The summed E-state index contributed by atoms with van der Waals surface area (Å²) in [5, 5.41) is 26.0. The van der Waals surface area contributed by atoms with Gasteiger partial charge in [0.05, 0.1) is 27.7 Å². The molecule has 11 nitrogen and oxygen atoms in total. The van der Waals surface area contributed by atoms with E-state index in [9.17, 15) is 29.8 Å². The third kappa shape index (κ3) is 6.07. The second-order valence-electron chi connectivity index (χ2n) is 6.89. The minimum Gasteiger partial charge on any atom is -0.422 e. The number of hydrazone groups is 1. The Morgan fingerprint density at radius 2 is 1.65 bits per heavy atom. The van der Waals surface area contributed by atoms with Gasteiger partial charge in [0.1, 0.15) is 5.75 Å². The van der Waals surface area contributed by atoms with Crippen molar-refractivity contribution in [3.8, 4) is 5.75 Å². The number of nitro groups is 2. The summed E-state index contributed by atoms with van der Waals surface area (Å²) >= 11 is 3.28. The van der Waals surface area contributed by atoms with Crippen LogP contribution in [0, 0.1) is 27.2 Å². The van der Waals surface area contributed by atoms with Gasteiger partial charge in [0.2, 0.25) is 0 Å². The van der Waals surface area contributed by atoms with Crippen LogP contribution in [-0.2, 0) is 0 Å². The fraction of sp³-hybridized carbons (Fsp3) is 0.0455. The van der Waals surface area contributed by atoms with Crippen molar-refractivity contribution in [1.29, 1.82) is 0 Å². The second-order valence-corrected chi connectivity index (χ2v) is 7.81. The monoisotopic (exact) mass is 526 g/mol.